The third kappa shape index (κ3) is 1.81. The average Bonchev–Trinajstić information content (AvgIpc) is 2.41. The van der Waals surface area contributed by atoms with Gasteiger partial charge in [0.1, 0.15) is 5.75 Å². The van der Waals surface area contributed by atoms with Crippen LogP contribution in [0.2, 0.25) is 0 Å². The van der Waals surface area contributed by atoms with Gasteiger partial charge < -0.3 is 10.4 Å². The van der Waals surface area contributed by atoms with Crippen LogP contribution in [0.3, 0.4) is 0 Å². The van der Waals surface area contributed by atoms with Gasteiger partial charge in [-0.15, -0.1) is 6.58 Å². The number of nitrogens with one attached hydrogen (secondary N) is 1. The van der Waals surface area contributed by atoms with Crippen LogP contribution < -0.4 is 5.32 Å². The molecule has 3 rings (SSSR count). The first kappa shape index (κ1) is 13.7. The minimum Gasteiger partial charge on any atom is -0.508 e. The quantitative estimate of drug-likeness (QED) is 0.826. The largest absolute Gasteiger partial charge is 0.508 e. The summed E-state index contributed by atoms with van der Waals surface area (Å²) < 4.78 is 0. The molecule has 2 heteroatoms. The molecule has 1 aromatic carbocycles. The lowest BCUT2D eigenvalue weighted by atomic mass is 9.53. The number of benzene rings is 1. The van der Waals surface area contributed by atoms with Gasteiger partial charge in [0.05, 0.1) is 0 Å². The maximum absolute atomic E-state index is 9.96. The van der Waals surface area contributed by atoms with Crippen LogP contribution in [-0.2, 0) is 11.8 Å². The molecule has 0 aromatic heterocycles. The topological polar surface area (TPSA) is 32.3 Å². The molecule has 2 nitrogen and oxygen atoms in total. The highest BCUT2D eigenvalue weighted by atomic mass is 16.3. The number of allylic oxidation sites excluding steroid dienone is 1. The fourth-order valence-corrected chi connectivity index (χ4v) is 4.69. The first-order valence-electron chi connectivity index (χ1n) is 7.76. The maximum Gasteiger partial charge on any atom is 0.115 e. The molecule has 20 heavy (non-hydrogen) atoms. The van der Waals surface area contributed by atoms with Crippen LogP contribution in [-0.4, -0.2) is 17.7 Å². The fraction of sp³-hybridized carbons (Fsp3) is 0.556. The summed E-state index contributed by atoms with van der Waals surface area (Å²) in [4.78, 5) is 0. The number of hydrogen-bond acceptors (Lipinski definition) is 2. The van der Waals surface area contributed by atoms with Crippen LogP contribution in [0.25, 0.3) is 0 Å². The van der Waals surface area contributed by atoms with Crippen molar-refractivity contribution < 1.29 is 5.11 Å². The summed E-state index contributed by atoms with van der Waals surface area (Å²) in [7, 11) is 0. The third-order valence-corrected chi connectivity index (χ3v) is 5.80. The van der Waals surface area contributed by atoms with Crippen molar-refractivity contribution in [1.82, 2.24) is 5.32 Å². The molecule has 0 saturated carbocycles. The summed E-state index contributed by atoms with van der Waals surface area (Å²) in [5.74, 6) is 1.55. The van der Waals surface area contributed by atoms with Crippen molar-refractivity contribution in [3.8, 4) is 5.75 Å². The van der Waals surface area contributed by atoms with Crippen molar-refractivity contribution in [2.24, 2.45) is 11.8 Å². The van der Waals surface area contributed by atoms with E-state index in [0.717, 1.165) is 25.8 Å². The number of rotatable bonds is 3. The van der Waals surface area contributed by atoms with Crippen molar-refractivity contribution in [1.29, 1.82) is 0 Å². The van der Waals surface area contributed by atoms with Gasteiger partial charge in [-0.2, -0.15) is 0 Å². The minimum atomic E-state index is 0.177. The van der Waals surface area contributed by atoms with Crippen LogP contribution in [0.5, 0.6) is 5.75 Å². The number of phenolic OH excluding ortho intramolecular Hbond substituents is 1. The highest BCUT2D eigenvalue weighted by molar-refractivity contribution is 5.45. The highest BCUT2D eigenvalue weighted by Gasteiger charge is 2.51. The van der Waals surface area contributed by atoms with Crippen molar-refractivity contribution >= 4 is 0 Å². The van der Waals surface area contributed by atoms with Crippen molar-refractivity contribution in [3.05, 3.63) is 42.0 Å². The van der Waals surface area contributed by atoms with Gasteiger partial charge in [0.15, 0.2) is 0 Å². The average molecular weight is 271 g/mol. The molecule has 0 spiro atoms. The van der Waals surface area contributed by atoms with Crippen LogP contribution in [0.1, 0.15) is 37.8 Å². The van der Waals surface area contributed by atoms with Gasteiger partial charge in [0, 0.05) is 11.5 Å². The Morgan fingerprint density at radius 3 is 3.10 bits per heavy atom. The second-order valence-corrected chi connectivity index (χ2v) is 6.61. The van der Waals surface area contributed by atoms with E-state index in [1.165, 1.54) is 11.1 Å². The van der Waals surface area contributed by atoms with E-state index in [1.807, 2.05) is 18.2 Å². The van der Waals surface area contributed by atoms with Crippen molar-refractivity contribution in [2.45, 2.75) is 44.6 Å². The molecule has 0 amide bonds. The summed E-state index contributed by atoms with van der Waals surface area (Å²) in [5.41, 5.74) is 2.97. The molecule has 108 valence electrons. The molecule has 1 aliphatic carbocycles. The van der Waals surface area contributed by atoms with Crippen LogP contribution in [0.15, 0.2) is 30.9 Å². The summed E-state index contributed by atoms with van der Waals surface area (Å²) in [5, 5.41) is 13.7. The Hall–Kier alpha value is -1.28. The van der Waals surface area contributed by atoms with Crippen molar-refractivity contribution in [3.63, 3.8) is 0 Å². The molecule has 0 radical (unpaired) electrons. The number of aromatic hydroxyl groups is 1. The minimum absolute atomic E-state index is 0.177. The normalized spacial score (nSPS) is 33.3. The van der Waals surface area contributed by atoms with Gasteiger partial charge in [0.25, 0.3) is 0 Å². The molecule has 2 aliphatic rings. The molecule has 2 bridgehead atoms. The Morgan fingerprint density at radius 2 is 2.35 bits per heavy atom. The molecule has 0 unspecified atom stereocenters. The maximum atomic E-state index is 9.96. The third-order valence-electron chi connectivity index (χ3n) is 5.80. The van der Waals surface area contributed by atoms with Gasteiger partial charge in [-0.3, -0.25) is 0 Å². The zero-order valence-corrected chi connectivity index (χ0v) is 12.5. The zero-order chi connectivity index (χ0) is 14.3. The lowest BCUT2D eigenvalue weighted by Gasteiger charge is -2.55. The predicted octanol–water partition coefficient (Wildman–Crippen LogP) is 3.40. The smallest absolute Gasteiger partial charge is 0.115 e. The van der Waals surface area contributed by atoms with Gasteiger partial charge in [-0.1, -0.05) is 26.0 Å². The Kier molecular flexibility index (Phi) is 3.37. The number of piperidine rings is 1. The van der Waals surface area contributed by atoms with Crippen molar-refractivity contribution in [2.75, 3.05) is 6.54 Å². The van der Waals surface area contributed by atoms with Crippen LogP contribution in [0, 0.1) is 11.8 Å². The molecule has 2 N–H and O–H groups in total. The Morgan fingerprint density at radius 1 is 1.55 bits per heavy atom. The summed E-state index contributed by atoms with van der Waals surface area (Å²) in [6.07, 6.45) is 5.31. The molecule has 4 atom stereocenters. The first-order chi connectivity index (χ1) is 9.59. The number of fused-ring (bicyclic) bond motifs is 4. The van der Waals surface area contributed by atoms with Gasteiger partial charge in [-0.05, 0) is 60.9 Å². The number of hydrogen-bond donors (Lipinski definition) is 2. The monoisotopic (exact) mass is 271 g/mol. The SMILES string of the molecule is C=CC[C@H](C)[C@]12CCN[C@H](Cc3ccc(O)cc31)[C@@H]2C. The summed E-state index contributed by atoms with van der Waals surface area (Å²) in [6.45, 7) is 9.73. The highest BCUT2D eigenvalue weighted by Crippen LogP contribution is 2.52. The number of phenols is 1. The van der Waals surface area contributed by atoms with Crippen LogP contribution in [0.4, 0.5) is 0 Å². The summed E-state index contributed by atoms with van der Waals surface area (Å²) >= 11 is 0. The molecule has 1 aliphatic heterocycles. The molecular weight excluding hydrogens is 246 g/mol. The predicted molar refractivity (Wildman–Crippen MR) is 83.0 cm³/mol. The van der Waals surface area contributed by atoms with Gasteiger partial charge >= 0.3 is 0 Å². The lowest BCUT2D eigenvalue weighted by Crippen LogP contribution is -2.59. The molecule has 1 saturated heterocycles. The van der Waals surface area contributed by atoms with E-state index in [2.05, 4.69) is 31.8 Å². The molecule has 1 heterocycles. The lowest BCUT2D eigenvalue weighted by molar-refractivity contribution is 0.0887. The molecule has 1 aromatic rings. The first-order valence-corrected chi connectivity index (χ1v) is 7.76. The van der Waals surface area contributed by atoms with E-state index in [-0.39, 0.29) is 5.41 Å². The van der Waals surface area contributed by atoms with Gasteiger partial charge in [0.2, 0.25) is 0 Å². The Balaban J connectivity index is 2.17. The van der Waals surface area contributed by atoms with E-state index < -0.39 is 0 Å². The van der Waals surface area contributed by atoms with Crippen LogP contribution >= 0.6 is 0 Å². The van der Waals surface area contributed by atoms with E-state index in [1.54, 1.807) is 0 Å². The summed E-state index contributed by atoms with van der Waals surface area (Å²) in [6, 6.07) is 6.53. The Labute approximate surface area is 121 Å². The van der Waals surface area contributed by atoms with Gasteiger partial charge in [-0.25, -0.2) is 0 Å². The fourth-order valence-electron chi connectivity index (χ4n) is 4.69. The van der Waals surface area contributed by atoms with E-state index >= 15 is 0 Å². The second-order valence-electron chi connectivity index (χ2n) is 6.61. The molecular formula is C18H25NO. The second kappa shape index (κ2) is 4.92. The van der Waals surface area contributed by atoms with E-state index in [4.69, 9.17) is 0 Å². The zero-order valence-electron chi connectivity index (χ0n) is 12.5. The molecule has 1 fully saturated rings. The standard InChI is InChI=1S/C18H25NO/c1-4-5-12(2)18-8-9-19-17(13(18)3)10-14-6-7-15(20)11-16(14)18/h4,6-7,11-13,17,19-20H,1,5,8-10H2,2-3H3/t12-,13-,17+,18-/m0/s1. The van der Waals surface area contributed by atoms with E-state index in [9.17, 15) is 5.11 Å². The van der Waals surface area contributed by atoms with E-state index in [0.29, 0.717) is 23.6 Å². The Bertz CT molecular complexity index is 524.